The molecule has 1 aromatic carbocycles. The van der Waals surface area contributed by atoms with Gasteiger partial charge in [0, 0.05) is 18.8 Å². The minimum Gasteiger partial charge on any atom is -0.435 e. The van der Waals surface area contributed by atoms with Gasteiger partial charge in [0.15, 0.2) is 0 Å². The molecule has 0 spiro atoms. The number of anilines is 1. The van der Waals surface area contributed by atoms with Gasteiger partial charge < -0.3 is 25.0 Å². The Bertz CT molecular complexity index is 677. The Kier molecular flexibility index (Phi) is 7.97. The highest BCUT2D eigenvalue weighted by atomic mass is 35.5. The fraction of sp³-hybridized carbons (Fsp3) is 0.556. The number of carbonyl (C=O) groups is 2. The van der Waals surface area contributed by atoms with Gasteiger partial charge in [0.1, 0.15) is 17.8 Å². The van der Waals surface area contributed by atoms with E-state index in [0.29, 0.717) is 31.8 Å². The van der Waals surface area contributed by atoms with Crippen LogP contribution in [-0.4, -0.2) is 56.3 Å². The van der Waals surface area contributed by atoms with Crippen molar-refractivity contribution in [2.24, 2.45) is 0 Å². The predicted molar refractivity (Wildman–Crippen MR) is 101 cm³/mol. The summed E-state index contributed by atoms with van der Waals surface area (Å²) in [7, 11) is 0. The summed E-state index contributed by atoms with van der Waals surface area (Å²) in [5.41, 5.74) is 0.577. The molecule has 0 radical (unpaired) electrons. The number of halogens is 3. The Morgan fingerprint density at radius 2 is 2.07 bits per heavy atom. The number of rotatable bonds is 5. The third kappa shape index (κ3) is 5.30. The second kappa shape index (κ2) is 9.99. The quantitative estimate of drug-likeness (QED) is 0.759. The predicted octanol–water partition coefficient (Wildman–Crippen LogP) is 1.70. The van der Waals surface area contributed by atoms with Gasteiger partial charge >= 0.3 is 6.61 Å². The van der Waals surface area contributed by atoms with Crippen molar-refractivity contribution in [1.82, 2.24) is 10.6 Å². The average Bonchev–Trinajstić information content (AvgIpc) is 2.64. The van der Waals surface area contributed by atoms with E-state index in [4.69, 9.17) is 4.74 Å². The molecule has 2 heterocycles. The van der Waals surface area contributed by atoms with Crippen LogP contribution in [0.4, 0.5) is 14.5 Å². The Labute approximate surface area is 168 Å². The number of carbonyl (C=O) groups excluding carboxylic acids is 2. The minimum absolute atomic E-state index is 0. The summed E-state index contributed by atoms with van der Waals surface area (Å²) in [6.45, 7) is 0.550. The third-order valence-corrected chi connectivity index (χ3v) is 4.73. The van der Waals surface area contributed by atoms with Crippen LogP contribution in [0.1, 0.15) is 19.8 Å². The highest BCUT2D eigenvalue weighted by Crippen LogP contribution is 2.24. The molecule has 2 amide bonds. The number of ether oxygens (including phenoxy) is 2. The van der Waals surface area contributed by atoms with Gasteiger partial charge in [0.05, 0.1) is 12.7 Å². The minimum atomic E-state index is -2.90. The van der Waals surface area contributed by atoms with E-state index in [-0.39, 0.29) is 36.1 Å². The van der Waals surface area contributed by atoms with E-state index >= 15 is 0 Å². The van der Waals surface area contributed by atoms with Crippen molar-refractivity contribution in [1.29, 1.82) is 0 Å². The summed E-state index contributed by atoms with van der Waals surface area (Å²) >= 11 is 0. The van der Waals surface area contributed by atoms with Gasteiger partial charge in [-0.05, 0) is 44.0 Å². The molecule has 2 aliphatic rings. The Morgan fingerprint density at radius 1 is 1.36 bits per heavy atom. The summed E-state index contributed by atoms with van der Waals surface area (Å²) < 4.78 is 34.3. The number of nitrogens with zero attached hydrogens (tertiary/aromatic N) is 1. The second-order valence-electron chi connectivity index (χ2n) is 6.57. The number of hydrogen-bond donors (Lipinski definition) is 2. The zero-order valence-corrected chi connectivity index (χ0v) is 16.2. The molecule has 0 bridgehead atoms. The molecule has 10 heteroatoms. The summed E-state index contributed by atoms with van der Waals surface area (Å²) in [5, 5.41) is 5.91. The van der Waals surface area contributed by atoms with Gasteiger partial charge in [-0.25, -0.2) is 0 Å². The van der Waals surface area contributed by atoms with Crippen LogP contribution in [0.15, 0.2) is 24.3 Å². The van der Waals surface area contributed by atoms with Crippen LogP contribution in [0.5, 0.6) is 5.75 Å². The van der Waals surface area contributed by atoms with E-state index in [0.717, 1.165) is 6.42 Å². The molecule has 0 aliphatic carbocycles. The lowest BCUT2D eigenvalue weighted by atomic mass is 10.0. The molecule has 1 aromatic rings. The maximum Gasteiger partial charge on any atom is 0.387 e. The van der Waals surface area contributed by atoms with Crippen LogP contribution >= 0.6 is 12.4 Å². The van der Waals surface area contributed by atoms with Gasteiger partial charge in [0.2, 0.25) is 11.8 Å². The van der Waals surface area contributed by atoms with Crippen molar-refractivity contribution in [3.8, 4) is 5.75 Å². The molecule has 2 saturated heterocycles. The van der Waals surface area contributed by atoms with Crippen LogP contribution in [-0.2, 0) is 14.3 Å². The first-order chi connectivity index (χ1) is 13.0. The Hall–Kier alpha value is -1.97. The molecule has 2 N–H and O–H groups in total. The highest BCUT2D eigenvalue weighted by Gasteiger charge is 2.35. The van der Waals surface area contributed by atoms with Crippen LogP contribution in [0.3, 0.4) is 0 Å². The van der Waals surface area contributed by atoms with E-state index in [9.17, 15) is 18.4 Å². The number of piperidine rings is 1. The van der Waals surface area contributed by atoms with Gasteiger partial charge in [-0.1, -0.05) is 0 Å². The average molecular weight is 420 g/mol. The number of hydrogen-bond acceptors (Lipinski definition) is 5. The molecule has 3 rings (SSSR count). The number of alkyl halides is 2. The lowest BCUT2D eigenvalue weighted by molar-refractivity contribution is -0.133. The molecule has 2 fully saturated rings. The SMILES string of the molecule is C[C@H]1OCCN[C@@H]1C(=O)NC1CCCN(c2ccc(OC(F)F)cc2)C1=O.Cl. The van der Waals surface area contributed by atoms with E-state index in [1.807, 2.05) is 6.92 Å². The molecular weight excluding hydrogens is 396 g/mol. The largest absolute Gasteiger partial charge is 0.435 e. The normalized spacial score (nSPS) is 25.2. The summed E-state index contributed by atoms with van der Waals surface area (Å²) in [5.74, 6) is -0.454. The topological polar surface area (TPSA) is 79.9 Å². The maximum atomic E-state index is 12.8. The van der Waals surface area contributed by atoms with Gasteiger partial charge in [-0.3, -0.25) is 9.59 Å². The molecule has 156 valence electrons. The second-order valence-corrected chi connectivity index (χ2v) is 6.57. The van der Waals surface area contributed by atoms with E-state index in [1.165, 1.54) is 12.1 Å². The number of amides is 2. The molecular formula is C18H24ClF2N3O4. The van der Waals surface area contributed by atoms with Crippen LogP contribution in [0.25, 0.3) is 0 Å². The fourth-order valence-corrected chi connectivity index (χ4v) is 3.36. The summed E-state index contributed by atoms with van der Waals surface area (Å²) in [4.78, 5) is 26.8. The smallest absolute Gasteiger partial charge is 0.387 e. The van der Waals surface area contributed by atoms with E-state index in [2.05, 4.69) is 15.4 Å². The third-order valence-electron chi connectivity index (χ3n) is 4.73. The lowest BCUT2D eigenvalue weighted by Crippen LogP contribution is -2.60. The first kappa shape index (κ1) is 22.3. The van der Waals surface area contributed by atoms with Crippen molar-refractivity contribution in [2.75, 3.05) is 24.6 Å². The standard InChI is InChI=1S/C18H23F2N3O4.ClH/c1-11-15(21-8-10-26-11)16(24)22-14-3-2-9-23(17(14)25)12-4-6-13(7-5-12)27-18(19)20;/h4-7,11,14-15,18,21H,2-3,8-10H2,1H3,(H,22,24);1H/t11-,14?,15+;/m1./s1. The maximum absolute atomic E-state index is 12.8. The van der Waals surface area contributed by atoms with Crippen molar-refractivity contribution in [3.05, 3.63) is 24.3 Å². The molecule has 7 nitrogen and oxygen atoms in total. The van der Waals surface area contributed by atoms with Crippen molar-refractivity contribution in [2.45, 2.75) is 44.6 Å². The zero-order chi connectivity index (χ0) is 19.4. The summed E-state index contributed by atoms with van der Waals surface area (Å²) in [6.07, 6.45) is 1.00. The van der Waals surface area contributed by atoms with Gasteiger partial charge in [0.25, 0.3) is 0 Å². The van der Waals surface area contributed by atoms with Gasteiger partial charge in [-0.15, -0.1) is 12.4 Å². The van der Waals surface area contributed by atoms with Crippen LogP contribution in [0, 0.1) is 0 Å². The Balaban J connectivity index is 0.00000280. The molecule has 28 heavy (non-hydrogen) atoms. The van der Waals surface area contributed by atoms with Crippen LogP contribution in [0.2, 0.25) is 0 Å². The van der Waals surface area contributed by atoms with Gasteiger partial charge in [-0.2, -0.15) is 8.78 Å². The summed E-state index contributed by atoms with van der Waals surface area (Å²) in [6, 6.07) is 4.77. The monoisotopic (exact) mass is 419 g/mol. The number of morpholine rings is 1. The van der Waals surface area contributed by atoms with E-state index in [1.54, 1.807) is 17.0 Å². The zero-order valence-electron chi connectivity index (χ0n) is 15.4. The first-order valence-corrected chi connectivity index (χ1v) is 8.97. The molecule has 0 aromatic heterocycles. The Morgan fingerprint density at radius 3 is 2.71 bits per heavy atom. The van der Waals surface area contributed by atoms with E-state index < -0.39 is 18.7 Å². The van der Waals surface area contributed by atoms with Crippen molar-refractivity contribution in [3.63, 3.8) is 0 Å². The lowest BCUT2D eigenvalue weighted by Gasteiger charge is -2.35. The molecule has 1 unspecified atom stereocenters. The molecule has 3 atom stereocenters. The first-order valence-electron chi connectivity index (χ1n) is 8.97. The van der Waals surface area contributed by atoms with Crippen LogP contribution < -0.4 is 20.3 Å². The molecule has 0 saturated carbocycles. The fourth-order valence-electron chi connectivity index (χ4n) is 3.36. The van der Waals surface area contributed by atoms with Crippen molar-refractivity contribution >= 4 is 29.9 Å². The molecule has 2 aliphatic heterocycles. The number of benzene rings is 1. The number of nitrogens with one attached hydrogen (secondary N) is 2. The highest BCUT2D eigenvalue weighted by molar-refractivity contribution is 6.00. The van der Waals surface area contributed by atoms with Crippen molar-refractivity contribution < 1.29 is 27.8 Å².